The molecule has 1 unspecified atom stereocenters. The predicted octanol–water partition coefficient (Wildman–Crippen LogP) is 5.51. The predicted molar refractivity (Wildman–Crippen MR) is 75.2 cm³/mol. The van der Waals surface area contributed by atoms with Gasteiger partial charge in [0.2, 0.25) is 0 Å². The Balaban J connectivity index is 2.49. The number of hydrogen-bond donors (Lipinski definition) is 1. The minimum Gasteiger partial charge on any atom is -0.383 e. The first kappa shape index (κ1) is 15.9. The Kier molecular flexibility index (Phi) is 4.58. The van der Waals surface area contributed by atoms with Crippen molar-refractivity contribution >= 4 is 43.2 Å². The van der Waals surface area contributed by atoms with Crippen molar-refractivity contribution < 1.29 is 22.7 Å². The van der Waals surface area contributed by atoms with Gasteiger partial charge in [-0.25, -0.2) is 4.39 Å². The summed E-state index contributed by atoms with van der Waals surface area (Å²) in [6.07, 6.45) is -6.07. The molecule has 0 aliphatic carbocycles. The monoisotopic (exact) mass is 432 g/mol. The molecule has 0 fully saturated rings. The van der Waals surface area contributed by atoms with Gasteiger partial charge in [-0.1, -0.05) is 0 Å². The summed E-state index contributed by atoms with van der Waals surface area (Å²) in [7, 11) is 0. The zero-order chi connectivity index (χ0) is 15.1. The average molecular weight is 434 g/mol. The van der Waals surface area contributed by atoms with E-state index in [4.69, 9.17) is 0 Å². The van der Waals surface area contributed by atoms with Gasteiger partial charge in [0.1, 0.15) is 11.9 Å². The third kappa shape index (κ3) is 3.24. The van der Waals surface area contributed by atoms with Crippen LogP contribution >= 0.6 is 43.2 Å². The molecule has 1 nitrogen and oxygen atoms in total. The highest BCUT2D eigenvalue weighted by atomic mass is 79.9. The second-order valence-electron chi connectivity index (χ2n) is 3.92. The fraction of sp³-hybridized carbons (Fsp3) is 0.167. The van der Waals surface area contributed by atoms with Gasteiger partial charge >= 0.3 is 6.18 Å². The number of aliphatic hydroxyl groups excluding tert-OH is 1. The number of halogens is 6. The van der Waals surface area contributed by atoms with Crippen molar-refractivity contribution in [3.8, 4) is 0 Å². The second kappa shape index (κ2) is 5.75. The van der Waals surface area contributed by atoms with Crippen LogP contribution in [0.2, 0.25) is 0 Å². The summed E-state index contributed by atoms with van der Waals surface area (Å²) in [6, 6.07) is 3.50. The number of alkyl halides is 3. The van der Waals surface area contributed by atoms with Gasteiger partial charge in [-0.2, -0.15) is 13.2 Å². The largest absolute Gasteiger partial charge is 0.416 e. The zero-order valence-corrected chi connectivity index (χ0v) is 13.5. The van der Waals surface area contributed by atoms with E-state index in [9.17, 15) is 22.7 Å². The molecule has 0 aliphatic rings. The molecular weight excluding hydrogens is 428 g/mol. The fourth-order valence-electron chi connectivity index (χ4n) is 1.64. The lowest BCUT2D eigenvalue weighted by Crippen LogP contribution is -2.09. The highest BCUT2D eigenvalue weighted by Crippen LogP contribution is 2.39. The van der Waals surface area contributed by atoms with Gasteiger partial charge in [0.25, 0.3) is 0 Å². The van der Waals surface area contributed by atoms with E-state index in [2.05, 4.69) is 31.9 Å². The van der Waals surface area contributed by atoms with Gasteiger partial charge < -0.3 is 5.11 Å². The Bertz CT molecular complexity index is 639. The molecule has 0 saturated heterocycles. The minimum atomic E-state index is -4.59. The van der Waals surface area contributed by atoms with Gasteiger partial charge in [-0.05, 0) is 56.1 Å². The smallest absolute Gasteiger partial charge is 0.383 e. The molecule has 1 N–H and O–H groups in total. The highest BCUT2D eigenvalue weighted by molar-refractivity contribution is 9.12. The number of hydrogen-bond acceptors (Lipinski definition) is 2. The molecule has 20 heavy (non-hydrogen) atoms. The molecule has 1 aromatic carbocycles. The van der Waals surface area contributed by atoms with Crippen LogP contribution in [0.3, 0.4) is 0 Å². The van der Waals surface area contributed by atoms with Crippen LogP contribution in [-0.4, -0.2) is 5.11 Å². The lowest BCUT2D eigenvalue weighted by atomic mass is 10.0. The van der Waals surface area contributed by atoms with Gasteiger partial charge in [0.05, 0.1) is 13.1 Å². The SMILES string of the molecule is OC(c1cc(C(F)(F)F)ccc1F)c1cc(Br)sc1Br. The normalized spacial score (nSPS) is 13.6. The number of aliphatic hydroxyl groups is 1. The van der Waals surface area contributed by atoms with Crippen LogP contribution in [-0.2, 0) is 6.18 Å². The molecule has 0 radical (unpaired) electrons. The Morgan fingerprint density at radius 1 is 1.10 bits per heavy atom. The molecule has 0 saturated carbocycles. The summed E-state index contributed by atoms with van der Waals surface area (Å²) < 4.78 is 52.8. The van der Waals surface area contributed by atoms with E-state index in [1.807, 2.05) is 0 Å². The molecule has 0 bridgehead atoms. The standard InChI is InChI=1S/C12H6Br2F4OS/c13-9-4-7(11(14)20-9)10(19)6-3-5(12(16,17)18)1-2-8(6)15/h1-4,10,19H. The van der Waals surface area contributed by atoms with E-state index in [-0.39, 0.29) is 0 Å². The summed E-state index contributed by atoms with van der Waals surface area (Å²) in [4.78, 5) is 0. The zero-order valence-electron chi connectivity index (χ0n) is 9.51. The van der Waals surface area contributed by atoms with Crippen LogP contribution in [0.1, 0.15) is 22.8 Å². The van der Waals surface area contributed by atoms with Crippen molar-refractivity contribution in [2.75, 3.05) is 0 Å². The van der Waals surface area contributed by atoms with Crippen molar-refractivity contribution in [3.05, 3.63) is 54.3 Å². The molecular formula is C12H6Br2F4OS. The first-order valence-corrected chi connectivity index (χ1v) is 7.60. The maximum atomic E-state index is 13.7. The summed E-state index contributed by atoms with van der Waals surface area (Å²) in [6.45, 7) is 0. The number of thiophene rings is 1. The summed E-state index contributed by atoms with van der Waals surface area (Å²) in [5, 5.41) is 10.1. The Morgan fingerprint density at radius 2 is 1.75 bits per heavy atom. The first-order valence-electron chi connectivity index (χ1n) is 5.19. The lowest BCUT2D eigenvalue weighted by molar-refractivity contribution is -0.137. The maximum Gasteiger partial charge on any atom is 0.416 e. The van der Waals surface area contributed by atoms with Gasteiger partial charge in [0, 0.05) is 11.1 Å². The molecule has 1 aromatic heterocycles. The van der Waals surface area contributed by atoms with Crippen LogP contribution in [0, 0.1) is 5.82 Å². The van der Waals surface area contributed by atoms with E-state index in [0.29, 0.717) is 31.3 Å². The van der Waals surface area contributed by atoms with Crippen molar-refractivity contribution in [3.63, 3.8) is 0 Å². The molecule has 2 rings (SSSR count). The average Bonchev–Trinajstić information content (AvgIpc) is 2.66. The van der Waals surface area contributed by atoms with E-state index < -0.39 is 29.2 Å². The third-order valence-corrected chi connectivity index (χ3v) is 4.98. The van der Waals surface area contributed by atoms with Crippen LogP contribution in [0.5, 0.6) is 0 Å². The van der Waals surface area contributed by atoms with Gasteiger partial charge in [-0.3, -0.25) is 0 Å². The van der Waals surface area contributed by atoms with Crippen LogP contribution in [0.25, 0.3) is 0 Å². The molecule has 0 aliphatic heterocycles. The van der Waals surface area contributed by atoms with Crippen LogP contribution in [0.15, 0.2) is 31.8 Å². The molecule has 8 heteroatoms. The molecule has 0 amide bonds. The van der Waals surface area contributed by atoms with Gasteiger partial charge in [0.15, 0.2) is 0 Å². The number of rotatable bonds is 2. The summed E-state index contributed by atoms with van der Waals surface area (Å²) in [5.74, 6) is -0.889. The highest BCUT2D eigenvalue weighted by Gasteiger charge is 2.32. The molecule has 1 heterocycles. The Morgan fingerprint density at radius 3 is 2.25 bits per heavy atom. The maximum absolute atomic E-state index is 13.7. The number of benzene rings is 1. The van der Waals surface area contributed by atoms with Crippen LogP contribution < -0.4 is 0 Å². The molecule has 0 spiro atoms. The minimum absolute atomic E-state index is 0.306. The van der Waals surface area contributed by atoms with E-state index in [1.54, 1.807) is 0 Å². The van der Waals surface area contributed by atoms with E-state index >= 15 is 0 Å². The summed E-state index contributed by atoms with van der Waals surface area (Å²) >= 11 is 7.61. The Labute approximate surface area is 132 Å². The van der Waals surface area contributed by atoms with E-state index in [0.717, 1.165) is 0 Å². The first-order chi connectivity index (χ1) is 9.20. The fourth-order valence-corrected chi connectivity index (χ4v) is 4.52. The third-order valence-electron chi connectivity index (χ3n) is 2.60. The van der Waals surface area contributed by atoms with Crippen molar-refractivity contribution in [1.82, 2.24) is 0 Å². The lowest BCUT2D eigenvalue weighted by Gasteiger charge is -2.14. The van der Waals surface area contributed by atoms with E-state index in [1.165, 1.54) is 17.4 Å². The molecule has 108 valence electrons. The quantitative estimate of drug-likeness (QED) is 0.619. The van der Waals surface area contributed by atoms with Crippen molar-refractivity contribution in [1.29, 1.82) is 0 Å². The molecule has 1 atom stereocenters. The van der Waals surface area contributed by atoms with Crippen molar-refractivity contribution in [2.45, 2.75) is 12.3 Å². The Hall–Kier alpha value is -0.440. The molecule has 2 aromatic rings. The van der Waals surface area contributed by atoms with Gasteiger partial charge in [-0.15, -0.1) is 11.3 Å². The summed E-state index contributed by atoms with van der Waals surface area (Å²) in [5.41, 5.74) is -1.11. The van der Waals surface area contributed by atoms with Crippen molar-refractivity contribution in [2.24, 2.45) is 0 Å². The second-order valence-corrected chi connectivity index (χ2v) is 7.67. The topological polar surface area (TPSA) is 20.2 Å². The van der Waals surface area contributed by atoms with Crippen LogP contribution in [0.4, 0.5) is 17.6 Å².